The first-order chi connectivity index (χ1) is 13.9. The molecule has 2 amide bonds. The SMILES string of the molecule is C=CC(=O)NC1CC[C@@H](Nc2cnc(C(N)=O)c(Nc3cccc(C)c3)n2)[C@H]1C. The molecule has 0 spiro atoms. The van der Waals surface area contributed by atoms with Gasteiger partial charge in [-0.1, -0.05) is 25.6 Å². The third-order valence-corrected chi connectivity index (χ3v) is 5.19. The van der Waals surface area contributed by atoms with Gasteiger partial charge in [0.2, 0.25) is 5.91 Å². The first kappa shape index (κ1) is 20.3. The lowest BCUT2D eigenvalue weighted by molar-refractivity contribution is -0.117. The number of aromatic nitrogens is 2. The first-order valence-electron chi connectivity index (χ1n) is 9.57. The minimum Gasteiger partial charge on any atom is -0.366 e. The van der Waals surface area contributed by atoms with Crippen LogP contribution in [-0.2, 0) is 4.79 Å². The molecule has 1 aliphatic carbocycles. The van der Waals surface area contributed by atoms with Crippen LogP contribution in [0.2, 0.25) is 0 Å². The van der Waals surface area contributed by atoms with Gasteiger partial charge in [-0.15, -0.1) is 0 Å². The molecule has 2 aromatic rings. The average Bonchev–Trinajstić information content (AvgIpc) is 3.01. The van der Waals surface area contributed by atoms with Gasteiger partial charge in [-0.2, -0.15) is 0 Å². The number of carbonyl (C=O) groups is 2. The Morgan fingerprint density at radius 3 is 2.72 bits per heavy atom. The van der Waals surface area contributed by atoms with Crippen molar-refractivity contribution < 1.29 is 9.59 Å². The summed E-state index contributed by atoms with van der Waals surface area (Å²) in [6.45, 7) is 7.55. The molecule has 5 N–H and O–H groups in total. The molecule has 1 aromatic carbocycles. The van der Waals surface area contributed by atoms with E-state index in [-0.39, 0.29) is 29.6 Å². The van der Waals surface area contributed by atoms with Gasteiger partial charge in [0.05, 0.1) is 6.20 Å². The van der Waals surface area contributed by atoms with Gasteiger partial charge in [0.25, 0.3) is 5.91 Å². The monoisotopic (exact) mass is 394 g/mol. The maximum absolute atomic E-state index is 11.8. The second kappa shape index (κ2) is 8.72. The molecular formula is C21H26N6O2. The molecule has 152 valence electrons. The van der Waals surface area contributed by atoms with Gasteiger partial charge in [-0.25, -0.2) is 9.97 Å². The van der Waals surface area contributed by atoms with Crippen LogP contribution in [0.15, 0.2) is 43.1 Å². The van der Waals surface area contributed by atoms with Gasteiger partial charge < -0.3 is 21.7 Å². The average molecular weight is 394 g/mol. The first-order valence-corrected chi connectivity index (χ1v) is 9.57. The zero-order chi connectivity index (χ0) is 21.0. The van der Waals surface area contributed by atoms with Gasteiger partial charge in [0.1, 0.15) is 5.82 Å². The maximum Gasteiger partial charge on any atom is 0.271 e. The summed E-state index contributed by atoms with van der Waals surface area (Å²) >= 11 is 0. The summed E-state index contributed by atoms with van der Waals surface area (Å²) in [5.41, 5.74) is 7.40. The van der Waals surface area contributed by atoms with Crippen molar-refractivity contribution in [1.29, 1.82) is 0 Å². The quantitative estimate of drug-likeness (QED) is 0.535. The number of aryl methyl sites for hydroxylation is 1. The van der Waals surface area contributed by atoms with E-state index in [4.69, 9.17) is 5.73 Å². The fourth-order valence-corrected chi connectivity index (χ4v) is 3.59. The number of carbonyl (C=O) groups excluding carboxylic acids is 2. The highest BCUT2D eigenvalue weighted by Gasteiger charge is 2.33. The molecule has 1 aliphatic rings. The molecule has 0 radical (unpaired) electrons. The molecule has 29 heavy (non-hydrogen) atoms. The highest BCUT2D eigenvalue weighted by atomic mass is 16.2. The van der Waals surface area contributed by atoms with E-state index in [1.165, 1.54) is 12.3 Å². The van der Waals surface area contributed by atoms with Crippen LogP contribution >= 0.6 is 0 Å². The van der Waals surface area contributed by atoms with E-state index in [1.807, 2.05) is 31.2 Å². The number of nitrogens with zero attached hydrogens (tertiary/aromatic N) is 2. The summed E-state index contributed by atoms with van der Waals surface area (Å²) in [7, 11) is 0. The molecule has 1 fully saturated rings. The van der Waals surface area contributed by atoms with E-state index in [1.54, 1.807) is 0 Å². The van der Waals surface area contributed by atoms with E-state index in [0.717, 1.165) is 24.1 Å². The van der Waals surface area contributed by atoms with Crippen LogP contribution in [0.4, 0.5) is 17.3 Å². The summed E-state index contributed by atoms with van der Waals surface area (Å²) in [6.07, 6.45) is 4.53. The third kappa shape index (κ3) is 4.90. The van der Waals surface area contributed by atoms with Crippen molar-refractivity contribution in [2.45, 2.75) is 38.8 Å². The van der Waals surface area contributed by atoms with Crippen molar-refractivity contribution in [3.63, 3.8) is 0 Å². The molecular weight excluding hydrogens is 368 g/mol. The molecule has 8 nitrogen and oxygen atoms in total. The summed E-state index contributed by atoms with van der Waals surface area (Å²) in [6, 6.07) is 7.90. The van der Waals surface area contributed by atoms with E-state index in [0.29, 0.717) is 11.6 Å². The van der Waals surface area contributed by atoms with Crippen LogP contribution < -0.4 is 21.7 Å². The third-order valence-electron chi connectivity index (χ3n) is 5.19. The van der Waals surface area contributed by atoms with Crippen molar-refractivity contribution in [2.75, 3.05) is 10.6 Å². The highest BCUT2D eigenvalue weighted by molar-refractivity contribution is 5.96. The predicted octanol–water partition coefficient (Wildman–Crippen LogP) is 2.51. The Labute approximate surface area is 170 Å². The molecule has 3 rings (SSSR count). The van der Waals surface area contributed by atoms with E-state index >= 15 is 0 Å². The lowest BCUT2D eigenvalue weighted by atomic mass is 10.0. The van der Waals surface area contributed by atoms with Crippen LogP contribution in [0, 0.1) is 12.8 Å². The number of nitrogens with one attached hydrogen (secondary N) is 3. The van der Waals surface area contributed by atoms with Crippen LogP contribution in [0.25, 0.3) is 0 Å². The molecule has 3 atom stereocenters. The number of benzene rings is 1. The molecule has 8 heteroatoms. The lowest BCUT2D eigenvalue weighted by Gasteiger charge is -2.23. The van der Waals surface area contributed by atoms with E-state index in [2.05, 4.69) is 39.4 Å². The van der Waals surface area contributed by atoms with Crippen LogP contribution in [-0.4, -0.2) is 33.9 Å². The Morgan fingerprint density at radius 1 is 1.28 bits per heavy atom. The molecule has 0 aliphatic heterocycles. The Morgan fingerprint density at radius 2 is 2.03 bits per heavy atom. The number of hydrogen-bond acceptors (Lipinski definition) is 6. The normalized spacial score (nSPS) is 20.7. The minimum atomic E-state index is -0.652. The summed E-state index contributed by atoms with van der Waals surface area (Å²) in [5.74, 6) is 0.219. The summed E-state index contributed by atoms with van der Waals surface area (Å²) < 4.78 is 0. The highest BCUT2D eigenvalue weighted by Crippen LogP contribution is 2.29. The molecule has 1 unspecified atom stereocenters. The topological polar surface area (TPSA) is 122 Å². The number of hydrogen-bond donors (Lipinski definition) is 4. The fourth-order valence-electron chi connectivity index (χ4n) is 3.59. The van der Waals surface area contributed by atoms with Crippen molar-refractivity contribution in [1.82, 2.24) is 15.3 Å². The van der Waals surface area contributed by atoms with Crippen molar-refractivity contribution in [2.24, 2.45) is 11.7 Å². The maximum atomic E-state index is 11.8. The molecule has 1 saturated carbocycles. The van der Waals surface area contributed by atoms with Crippen LogP contribution in [0.3, 0.4) is 0 Å². The van der Waals surface area contributed by atoms with Crippen LogP contribution in [0.5, 0.6) is 0 Å². The number of rotatable bonds is 7. The zero-order valence-electron chi connectivity index (χ0n) is 16.6. The minimum absolute atomic E-state index is 0.0701. The fraction of sp³-hybridized carbons (Fsp3) is 0.333. The van der Waals surface area contributed by atoms with Crippen molar-refractivity contribution >= 4 is 29.1 Å². The zero-order valence-corrected chi connectivity index (χ0v) is 16.6. The summed E-state index contributed by atoms with van der Waals surface area (Å²) in [4.78, 5) is 32.1. The molecule has 0 saturated heterocycles. The summed E-state index contributed by atoms with van der Waals surface area (Å²) in [5, 5.41) is 9.46. The molecule has 1 heterocycles. The molecule has 0 bridgehead atoms. The standard InChI is InChI=1S/C21H26N6O2/c1-4-18(28)26-16-9-8-15(13(16)3)25-17-11-23-19(20(22)29)21(27-17)24-14-7-5-6-12(2)10-14/h4-7,10-11,13,15-16H,1,8-9H2,2-3H3,(H2,22,29)(H,26,28)(H2,24,25,27)/t13-,15-,16?/m1/s1. The lowest BCUT2D eigenvalue weighted by Crippen LogP contribution is -2.39. The Kier molecular flexibility index (Phi) is 6.11. The number of amides is 2. The van der Waals surface area contributed by atoms with E-state index in [9.17, 15) is 9.59 Å². The molecule has 1 aromatic heterocycles. The van der Waals surface area contributed by atoms with Gasteiger partial charge in [-0.3, -0.25) is 9.59 Å². The second-order valence-electron chi connectivity index (χ2n) is 7.32. The number of primary amides is 1. The van der Waals surface area contributed by atoms with Gasteiger partial charge in [0.15, 0.2) is 11.5 Å². The largest absolute Gasteiger partial charge is 0.366 e. The number of anilines is 3. The van der Waals surface area contributed by atoms with Crippen molar-refractivity contribution in [3.05, 3.63) is 54.4 Å². The Balaban J connectivity index is 1.77. The number of nitrogens with two attached hydrogens (primary N) is 1. The Bertz CT molecular complexity index is 929. The van der Waals surface area contributed by atoms with Gasteiger partial charge in [0, 0.05) is 17.8 Å². The van der Waals surface area contributed by atoms with Gasteiger partial charge in [-0.05, 0) is 49.5 Å². The Hall–Kier alpha value is -3.42. The van der Waals surface area contributed by atoms with Crippen molar-refractivity contribution in [3.8, 4) is 0 Å². The second-order valence-corrected chi connectivity index (χ2v) is 7.32. The smallest absolute Gasteiger partial charge is 0.271 e. The predicted molar refractivity (Wildman–Crippen MR) is 113 cm³/mol. The van der Waals surface area contributed by atoms with Crippen LogP contribution in [0.1, 0.15) is 35.8 Å². The van der Waals surface area contributed by atoms with E-state index < -0.39 is 5.91 Å². The van der Waals surface area contributed by atoms with Gasteiger partial charge >= 0.3 is 0 Å².